The molecule has 2 nitrogen and oxygen atoms in total. The van der Waals surface area contributed by atoms with Gasteiger partial charge in [0.15, 0.2) is 5.78 Å². The van der Waals surface area contributed by atoms with Crippen molar-refractivity contribution in [2.75, 3.05) is 0 Å². The summed E-state index contributed by atoms with van der Waals surface area (Å²) in [5, 5.41) is 11.1. The molecule has 0 aliphatic heterocycles. The maximum atomic E-state index is 12.1. The lowest BCUT2D eigenvalue weighted by Crippen LogP contribution is -2.54. The molecular weight excluding hydrogens is 368 g/mol. The van der Waals surface area contributed by atoms with Gasteiger partial charge in [-0.15, -0.1) is 0 Å². The predicted octanol–water partition coefficient (Wildman–Crippen LogP) is 6.81. The molecule has 3 fully saturated rings. The van der Waals surface area contributed by atoms with Gasteiger partial charge < -0.3 is 5.11 Å². The minimum atomic E-state index is -0.397. The topological polar surface area (TPSA) is 37.3 Å². The summed E-state index contributed by atoms with van der Waals surface area (Å²) in [6, 6.07) is 0. The standard InChI is InChI=1S/C28H46O2/c1-17(2)18(3)7-8-19(4)22-9-10-23-21-16-26(30)25-15-20(29)11-13-28(25,6)24(21)12-14-27(22,23)5/h15,17-19,21-24,26,30H,7-14,16H2,1-6H3/t18-,19-,21?,22?,23?,24?,26-,27-,28-/m1/s1. The lowest BCUT2D eigenvalue weighted by Gasteiger charge is -2.59. The van der Waals surface area contributed by atoms with Gasteiger partial charge >= 0.3 is 0 Å². The van der Waals surface area contributed by atoms with Crippen LogP contribution in [0.1, 0.15) is 99.3 Å². The van der Waals surface area contributed by atoms with Gasteiger partial charge in [-0.1, -0.05) is 54.4 Å². The molecule has 0 aromatic carbocycles. The molecule has 0 bridgehead atoms. The van der Waals surface area contributed by atoms with Crippen molar-refractivity contribution in [1.82, 2.24) is 0 Å². The van der Waals surface area contributed by atoms with Crippen LogP contribution >= 0.6 is 0 Å². The van der Waals surface area contributed by atoms with Gasteiger partial charge in [0.2, 0.25) is 0 Å². The number of carbonyl (C=O) groups is 1. The third kappa shape index (κ3) is 3.54. The van der Waals surface area contributed by atoms with Crippen LogP contribution in [-0.4, -0.2) is 17.0 Å². The summed E-state index contributed by atoms with van der Waals surface area (Å²) in [6.07, 6.45) is 12.1. The summed E-state index contributed by atoms with van der Waals surface area (Å²) >= 11 is 0. The number of ketones is 1. The van der Waals surface area contributed by atoms with E-state index in [0.29, 0.717) is 23.7 Å². The Morgan fingerprint density at radius 2 is 1.77 bits per heavy atom. The second-order valence-corrected chi connectivity index (χ2v) is 12.6. The van der Waals surface area contributed by atoms with Crippen LogP contribution < -0.4 is 0 Å². The first-order valence-corrected chi connectivity index (χ1v) is 13.0. The summed E-state index contributed by atoms with van der Waals surface area (Å²) in [5.41, 5.74) is 1.58. The van der Waals surface area contributed by atoms with E-state index < -0.39 is 6.10 Å². The minimum absolute atomic E-state index is 0.0496. The number of fused-ring (bicyclic) bond motifs is 5. The molecule has 0 heterocycles. The molecule has 0 saturated heterocycles. The van der Waals surface area contributed by atoms with Gasteiger partial charge in [0.1, 0.15) is 0 Å². The smallest absolute Gasteiger partial charge is 0.155 e. The van der Waals surface area contributed by atoms with Crippen LogP contribution in [0.25, 0.3) is 0 Å². The van der Waals surface area contributed by atoms with Crippen molar-refractivity contribution in [3.8, 4) is 0 Å². The molecule has 0 spiro atoms. The second kappa shape index (κ2) is 8.05. The molecule has 0 aromatic rings. The average molecular weight is 415 g/mol. The molecule has 0 radical (unpaired) electrons. The maximum Gasteiger partial charge on any atom is 0.155 e. The highest BCUT2D eigenvalue weighted by Crippen LogP contribution is 2.67. The van der Waals surface area contributed by atoms with E-state index in [9.17, 15) is 9.90 Å². The number of hydrogen-bond acceptors (Lipinski definition) is 2. The summed E-state index contributed by atoms with van der Waals surface area (Å²) in [4.78, 5) is 12.1. The molecule has 3 saturated carbocycles. The molecule has 4 aliphatic rings. The lowest BCUT2D eigenvalue weighted by molar-refractivity contribution is -0.119. The molecule has 9 atom stereocenters. The second-order valence-electron chi connectivity index (χ2n) is 12.6. The number of hydrogen-bond donors (Lipinski definition) is 1. The van der Waals surface area contributed by atoms with Crippen LogP contribution in [0.15, 0.2) is 11.6 Å². The zero-order valence-electron chi connectivity index (χ0n) is 20.4. The molecule has 0 amide bonds. The lowest BCUT2D eigenvalue weighted by atomic mass is 9.46. The number of rotatable bonds is 5. The Morgan fingerprint density at radius 1 is 1.03 bits per heavy atom. The summed E-state index contributed by atoms with van der Waals surface area (Å²) in [5.74, 6) is 5.55. The number of aliphatic hydroxyl groups excluding tert-OH is 1. The highest BCUT2D eigenvalue weighted by Gasteiger charge is 2.60. The number of aliphatic hydroxyl groups is 1. The van der Waals surface area contributed by atoms with Gasteiger partial charge in [-0.2, -0.15) is 0 Å². The maximum absolute atomic E-state index is 12.1. The molecule has 4 unspecified atom stereocenters. The van der Waals surface area contributed by atoms with Crippen LogP contribution in [0, 0.1) is 52.3 Å². The van der Waals surface area contributed by atoms with Gasteiger partial charge in [0.05, 0.1) is 6.10 Å². The van der Waals surface area contributed by atoms with E-state index in [4.69, 9.17) is 0 Å². The predicted molar refractivity (Wildman–Crippen MR) is 124 cm³/mol. The van der Waals surface area contributed by atoms with Gasteiger partial charge in [0, 0.05) is 6.42 Å². The summed E-state index contributed by atoms with van der Waals surface area (Å²) in [7, 11) is 0. The zero-order chi connectivity index (χ0) is 21.8. The quantitative estimate of drug-likeness (QED) is 0.536. The van der Waals surface area contributed by atoms with Crippen LogP contribution in [0.5, 0.6) is 0 Å². The van der Waals surface area contributed by atoms with E-state index in [1.807, 2.05) is 6.08 Å². The fraction of sp³-hybridized carbons (Fsp3) is 0.893. The van der Waals surface area contributed by atoms with Gasteiger partial charge in [-0.3, -0.25) is 4.79 Å². The van der Waals surface area contributed by atoms with E-state index in [1.54, 1.807) is 0 Å². The van der Waals surface area contributed by atoms with Crippen LogP contribution in [0.2, 0.25) is 0 Å². The Balaban J connectivity index is 1.52. The van der Waals surface area contributed by atoms with Crippen molar-refractivity contribution < 1.29 is 9.90 Å². The SMILES string of the molecule is CC(C)[C@H](C)CC[C@@H](C)C1CCC2C3C[C@@H](O)C4=CC(=O)CC[C@]4(C)C3CC[C@@]21C. The Labute approximate surface area is 185 Å². The molecule has 2 heteroatoms. The summed E-state index contributed by atoms with van der Waals surface area (Å²) in [6.45, 7) is 14.7. The van der Waals surface area contributed by atoms with Gasteiger partial charge in [0.25, 0.3) is 0 Å². The third-order valence-electron chi connectivity index (χ3n) is 11.0. The fourth-order valence-corrected chi connectivity index (χ4v) is 8.64. The zero-order valence-corrected chi connectivity index (χ0v) is 20.4. The van der Waals surface area contributed by atoms with Crippen molar-refractivity contribution in [1.29, 1.82) is 0 Å². The molecule has 30 heavy (non-hydrogen) atoms. The Kier molecular flexibility index (Phi) is 6.06. The van der Waals surface area contributed by atoms with Crippen molar-refractivity contribution in [3.63, 3.8) is 0 Å². The van der Waals surface area contributed by atoms with E-state index in [0.717, 1.165) is 48.0 Å². The average Bonchev–Trinajstić information content (AvgIpc) is 3.04. The molecule has 0 aromatic heterocycles. The van der Waals surface area contributed by atoms with E-state index in [2.05, 4.69) is 41.5 Å². The first-order valence-electron chi connectivity index (χ1n) is 13.0. The Morgan fingerprint density at radius 3 is 2.47 bits per heavy atom. The van der Waals surface area contributed by atoms with Crippen LogP contribution in [0.4, 0.5) is 0 Å². The first-order chi connectivity index (χ1) is 14.1. The van der Waals surface area contributed by atoms with E-state index in [-0.39, 0.29) is 11.2 Å². The summed E-state index contributed by atoms with van der Waals surface area (Å²) < 4.78 is 0. The van der Waals surface area contributed by atoms with Crippen molar-refractivity contribution >= 4 is 5.78 Å². The Bertz CT molecular complexity index is 693. The molecule has 170 valence electrons. The van der Waals surface area contributed by atoms with Gasteiger partial charge in [-0.05, 0) is 102 Å². The largest absolute Gasteiger partial charge is 0.389 e. The highest BCUT2D eigenvalue weighted by molar-refractivity contribution is 5.91. The molecule has 4 aliphatic carbocycles. The van der Waals surface area contributed by atoms with Crippen molar-refractivity contribution in [2.24, 2.45) is 52.3 Å². The van der Waals surface area contributed by atoms with Gasteiger partial charge in [-0.25, -0.2) is 0 Å². The Hall–Kier alpha value is -0.630. The monoisotopic (exact) mass is 414 g/mol. The van der Waals surface area contributed by atoms with Crippen molar-refractivity contribution in [2.45, 2.75) is 105 Å². The third-order valence-corrected chi connectivity index (χ3v) is 11.0. The molecular formula is C28H46O2. The van der Waals surface area contributed by atoms with E-state index >= 15 is 0 Å². The van der Waals surface area contributed by atoms with Crippen LogP contribution in [-0.2, 0) is 4.79 Å². The van der Waals surface area contributed by atoms with Crippen molar-refractivity contribution in [3.05, 3.63) is 11.6 Å². The normalized spacial score (nSPS) is 45.4. The molecule has 1 N–H and O–H groups in total. The fourth-order valence-electron chi connectivity index (χ4n) is 8.64. The highest BCUT2D eigenvalue weighted by atomic mass is 16.3. The van der Waals surface area contributed by atoms with Crippen LogP contribution in [0.3, 0.4) is 0 Å². The minimum Gasteiger partial charge on any atom is -0.389 e. The van der Waals surface area contributed by atoms with E-state index in [1.165, 1.54) is 38.5 Å². The molecule has 4 rings (SSSR count). The first kappa shape index (κ1) is 22.6. The number of carbonyl (C=O) groups excluding carboxylic acids is 1.